The van der Waals surface area contributed by atoms with Crippen molar-refractivity contribution in [3.05, 3.63) is 0 Å². The normalized spacial score (nSPS) is 30.0. The summed E-state index contributed by atoms with van der Waals surface area (Å²) in [5.74, 6) is 0.431. The van der Waals surface area contributed by atoms with Gasteiger partial charge in [0.15, 0.2) is 0 Å². The number of rotatable bonds is 2. The van der Waals surface area contributed by atoms with E-state index >= 15 is 0 Å². The molecule has 0 radical (unpaired) electrons. The van der Waals surface area contributed by atoms with Gasteiger partial charge < -0.3 is 10.4 Å². The van der Waals surface area contributed by atoms with Crippen molar-refractivity contribution in [2.45, 2.75) is 32.2 Å². The zero-order chi connectivity index (χ0) is 7.40. The average molecular weight is 143 g/mol. The van der Waals surface area contributed by atoms with E-state index in [1.54, 1.807) is 0 Å². The molecular weight excluding hydrogens is 126 g/mol. The monoisotopic (exact) mass is 143 g/mol. The molecular formula is C8H17NO. The highest BCUT2D eigenvalue weighted by Gasteiger charge is 2.17. The largest absolute Gasteiger partial charge is 0.396 e. The summed E-state index contributed by atoms with van der Waals surface area (Å²) in [5.41, 5.74) is 0. The highest BCUT2D eigenvalue weighted by atomic mass is 16.3. The van der Waals surface area contributed by atoms with Crippen molar-refractivity contribution >= 4 is 0 Å². The number of aliphatic hydroxyl groups is 1. The van der Waals surface area contributed by atoms with Crippen LogP contribution in [-0.2, 0) is 0 Å². The Morgan fingerprint density at radius 1 is 1.60 bits per heavy atom. The fourth-order valence-electron chi connectivity index (χ4n) is 1.49. The van der Waals surface area contributed by atoms with Crippen LogP contribution in [0.3, 0.4) is 0 Å². The van der Waals surface area contributed by atoms with Crippen molar-refractivity contribution in [3.63, 3.8) is 0 Å². The Hall–Kier alpha value is -0.0800. The summed E-state index contributed by atoms with van der Waals surface area (Å²) in [6, 6.07) is 0.568. The Morgan fingerprint density at radius 2 is 2.40 bits per heavy atom. The molecule has 1 aliphatic heterocycles. The van der Waals surface area contributed by atoms with E-state index in [0.29, 0.717) is 18.6 Å². The number of nitrogens with one attached hydrogen (secondary N) is 1. The lowest BCUT2D eigenvalue weighted by Crippen LogP contribution is -2.40. The smallest absolute Gasteiger partial charge is 0.0471 e. The van der Waals surface area contributed by atoms with Crippen molar-refractivity contribution in [3.8, 4) is 0 Å². The molecule has 0 amide bonds. The summed E-state index contributed by atoms with van der Waals surface area (Å²) in [6.45, 7) is 3.55. The van der Waals surface area contributed by atoms with Crippen molar-refractivity contribution in [2.24, 2.45) is 5.92 Å². The summed E-state index contributed by atoms with van der Waals surface area (Å²) >= 11 is 0. The van der Waals surface area contributed by atoms with Crippen LogP contribution in [0.2, 0.25) is 0 Å². The van der Waals surface area contributed by atoms with Crippen molar-refractivity contribution < 1.29 is 5.11 Å². The first kappa shape index (κ1) is 8.02. The Morgan fingerprint density at radius 3 is 2.90 bits per heavy atom. The van der Waals surface area contributed by atoms with Crippen molar-refractivity contribution in [2.75, 3.05) is 13.2 Å². The van der Waals surface area contributed by atoms with E-state index in [1.807, 2.05) is 0 Å². The number of hydrogen-bond donors (Lipinski definition) is 2. The SMILES string of the molecule is C[C@H](CO)[C@H]1CCCCN1. The van der Waals surface area contributed by atoms with Gasteiger partial charge in [-0.25, -0.2) is 0 Å². The van der Waals surface area contributed by atoms with Gasteiger partial charge in [0.2, 0.25) is 0 Å². The molecule has 0 saturated carbocycles. The fraction of sp³-hybridized carbons (Fsp3) is 1.00. The average Bonchev–Trinajstić information content (AvgIpc) is 2.05. The van der Waals surface area contributed by atoms with Gasteiger partial charge in [-0.3, -0.25) is 0 Å². The molecule has 0 spiro atoms. The molecule has 0 aliphatic carbocycles. The molecule has 2 heteroatoms. The first-order valence-corrected chi connectivity index (χ1v) is 4.19. The quantitative estimate of drug-likeness (QED) is 0.598. The molecule has 1 heterocycles. The minimum Gasteiger partial charge on any atom is -0.396 e. The van der Waals surface area contributed by atoms with E-state index in [1.165, 1.54) is 19.3 Å². The molecule has 1 saturated heterocycles. The van der Waals surface area contributed by atoms with Crippen molar-refractivity contribution in [1.29, 1.82) is 0 Å². The second-order valence-corrected chi connectivity index (χ2v) is 3.22. The van der Waals surface area contributed by atoms with Crippen LogP contribution >= 0.6 is 0 Å². The van der Waals surface area contributed by atoms with Gasteiger partial charge in [0.05, 0.1) is 0 Å². The molecule has 1 aliphatic rings. The van der Waals surface area contributed by atoms with E-state index < -0.39 is 0 Å². The molecule has 0 aromatic rings. The van der Waals surface area contributed by atoms with Gasteiger partial charge in [-0.15, -0.1) is 0 Å². The molecule has 1 rings (SSSR count). The van der Waals surface area contributed by atoms with Crippen LogP contribution in [-0.4, -0.2) is 24.3 Å². The van der Waals surface area contributed by atoms with Gasteiger partial charge in [-0.2, -0.15) is 0 Å². The standard InChI is InChI=1S/C8H17NO/c1-7(6-10)8-4-2-3-5-9-8/h7-10H,2-6H2,1H3/t7-,8-/m1/s1. The summed E-state index contributed by atoms with van der Waals surface area (Å²) in [6.07, 6.45) is 3.86. The Kier molecular flexibility index (Phi) is 3.16. The number of aliphatic hydroxyl groups excluding tert-OH is 1. The Bertz CT molecular complexity index is 89.3. The van der Waals surface area contributed by atoms with E-state index in [4.69, 9.17) is 5.11 Å². The maximum absolute atomic E-state index is 8.85. The molecule has 0 aromatic carbocycles. The first-order chi connectivity index (χ1) is 4.84. The lowest BCUT2D eigenvalue weighted by atomic mass is 9.94. The summed E-state index contributed by atoms with van der Waals surface area (Å²) in [5, 5.41) is 12.3. The molecule has 2 nitrogen and oxygen atoms in total. The van der Waals surface area contributed by atoms with Crippen LogP contribution in [0.15, 0.2) is 0 Å². The first-order valence-electron chi connectivity index (χ1n) is 4.19. The third-order valence-electron chi connectivity index (χ3n) is 2.32. The summed E-state index contributed by atoms with van der Waals surface area (Å²) < 4.78 is 0. The Balaban J connectivity index is 2.24. The molecule has 2 atom stereocenters. The summed E-state index contributed by atoms with van der Waals surface area (Å²) in [7, 11) is 0. The van der Waals surface area contributed by atoms with Gasteiger partial charge in [-0.1, -0.05) is 13.3 Å². The van der Waals surface area contributed by atoms with Gasteiger partial charge in [-0.05, 0) is 25.3 Å². The van der Waals surface area contributed by atoms with E-state index in [9.17, 15) is 0 Å². The Labute approximate surface area is 62.6 Å². The lowest BCUT2D eigenvalue weighted by Gasteiger charge is -2.27. The number of piperidine rings is 1. The second kappa shape index (κ2) is 3.94. The highest BCUT2D eigenvalue weighted by molar-refractivity contribution is 4.76. The van der Waals surface area contributed by atoms with E-state index in [0.717, 1.165) is 6.54 Å². The van der Waals surface area contributed by atoms with Gasteiger partial charge >= 0.3 is 0 Å². The third kappa shape index (κ3) is 1.96. The van der Waals surface area contributed by atoms with Crippen LogP contribution in [0.1, 0.15) is 26.2 Å². The molecule has 0 bridgehead atoms. The predicted molar refractivity (Wildman–Crippen MR) is 41.9 cm³/mol. The zero-order valence-corrected chi connectivity index (χ0v) is 6.64. The molecule has 0 unspecified atom stereocenters. The molecule has 60 valence electrons. The van der Waals surface area contributed by atoms with Crippen LogP contribution < -0.4 is 5.32 Å². The second-order valence-electron chi connectivity index (χ2n) is 3.22. The molecule has 1 fully saturated rings. The predicted octanol–water partition coefficient (Wildman–Crippen LogP) is 0.757. The zero-order valence-electron chi connectivity index (χ0n) is 6.64. The van der Waals surface area contributed by atoms with Crippen LogP contribution in [0, 0.1) is 5.92 Å². The maximum atomic E-state index is 8.85. The topological polar surface area (TPSA) is 32.3 Å². The molecule has 0 aromatic heterocycles. The molecule has 2 N–H and O–H groups in total. The van der Waals surface area contributed by atoms with Crippen LogP contribution in [0.5, 0.6) is 0 Å². The third-order valence-corrected chi connectivity index (χ3v) is 2.32. The number of hydrogen-bond acceptors (Lipinski definition) is 2. The van der Waals surface area contributed by atoms with Gasteiger partial charge in [0.25, 0.3) is 0 Å². The van der Waals surface area contributed by atoms with Gasteiger partial charge in [0, 0.05) is 12.6 Å². The lowest BCUT2D eigenvalue weighted by molar-refractivity contribution is 0.186. The minimum atomic E-state index is 0.317. The van der Waals surface area contributed by atoms with E-state index in [2.05, 4.69) is 12.2 Å². The fourth-order valence-corrected chi connectivity index (χ4v) is 1.49. The minimum absolute atomic E-state index is 0.317. The van der Waals surface area contributed by atoms with Gasteiger partial charge in [0.1, 0.15) is 0 Å². The van der Waals surface area contributed by atoms with Crippen molar-refractivity contribution in [1.82, 2.24) is 5.32 Å². The van der Waals surface area contributed by atoms with E-state index in [-0.39, 0.29) is 0 Å². The molecule has 10 heavy (non-hydrogen) atoms. The maximum Gasteiger partial charge on any atom is 0.0471 e. The summed E-state index contributed by atoms with van der Waals surface area (Å²) in [4.78, 5) is 0. The van der Waals surface area contributed by atoms with Crippen LogP contribution in [0.25, 0.3) is 0 Å². The van der Waals surface area contributed by atoms with Crippen LogP contribution in [0.4, 0.5) is 0 Å². The highest BCUT2D eigenvalue weighted by Crippen LogP contribution is 2.13.